The molecule has 0 aliphatic heterocycles. The van der Waals surface area contributed by atoms with E-state index in [4.69, 9.17) is 15.0 Å². The summed E-state index contributed by atoms with van der Waals surface area (Å²) in [7, 11) is 0. The second kappa shape index (κ2) is 10.4. The minimum Gasteiger partial charge on any atom is -0.208 e. The smallest absolute Gasteiger partial charge is 0.164 e. The minimum absolute atomic E-state index is 0.210. The number of aromatic nitrogens is 3. The van der Waals surface area contributed by atoms with E-state index in [1.807, 2.05) is 18.2 Å². The summed E-state index contributed by atoms with van der Waals surface area (Å²) < 4.78 is 0. The third-order valence-electron chi connectivity index (χ3n) is 10.5. The lowest BCUT2D eigenvalue weighted by atomic mass is 9.80. The van der Waals surface area contributed by atoms with Crippen molar-refractivity contribution >= 4 is 43.1 Å². The quantitative estimate of drug-likeness (QED) is 0.183. The first kappa shape index (κ1) is 27.9. The SMILES string of the molecule is CC1(C)c2ccccc2-c2cccc(-c3nc(-c4ccccc4)nc(-c4cc5c6ccccc6c6ccccc6c5c5ccccc45)n3)c21. The van der Waals surface area contributed by atoms with Crippen molar-refractivity contribution in [3.63, 3.8) is 0 Å². The van der Waals surface area contributed by atoms with E-state index < -0.39 is 0 Å². The maximum absolute atomic E-state index is 5.38. The van der Waals surface area contributed by atoms with Crippen LogP contribution < -0.4 is 0 Å². The molecule has 3 nitrogen and oxygen atoms in total. The first-order valence-corrected chi connectivity index (χ1v) is 16.9. The van der Waals surface area contributed by atoms with Crippen molar-refractivity contribution in [3.05, 3.63) is 163 Å². The average molecular weight is 626 g/mol. The van der Waals surface area contributed by atoms with Gasteiger partial charge in [-0.3, -0.25) is 0 Å². The molecule has 0 saturated heterocycles. The lowest BCUT2D eigenvalue weighted by molar-refractivity contribution is 0.661. The van der Waals surface area contributed by atoms with Crippen LogP contribution in [0.2, 0.25) is 0 Å². The third kappa shape index (κ3) is 4.06. The fourth-order valence-corrected chi connectivity index (χ4v) is 8.32. The molecule has 1 aromatic heterocycles. The van der Waals surface area contributed by atoms with Crippen molar-refractivity contribution in [2.45, 2.75) is 19.3 Å². The van der Waals surface area contributed by atoms with Crippen molar-refractivity contribution < 1.29 is 0 Å². The molecule has 1 heterocycles. The van der Waals surface area contributed by atoms with Crippen LogP contribution in [0.4, 0.5) is 0 Å². The van der Waals surface area contributed by atoms with E-state index >= 15 is 0 Å². The Morgan fingerprint density at radius 2 is 0.857 bits per heavy atom. The second-order valence-corrected chi connectivity index (χ2v) is 13.6. The minimum atomic E-state index is -0.210. The van der Waals surface area contributed by atoms with Crippen molar-refractivity contribution in [1.82, 2.24) is 15.0 Å². The summed E-state index contributed by atoms with van der Waals surface area (Å²) in [6.45, 7) is 4.63. The maximum atomic E-state index is 5.38. The van der Waals surface area contributed by atoms with Gasteiger partial charge in [0, 0.05) is 22.1 Å². The Hall–Kier alpha value is -6.19. The molecule has 49 heavy (non-hydrogen) atoms. The van der Waals surface area contributed by atoms with E-state index in [-0.39, 0.29) is 5.41 Å². The Bertz CT molecular complexity index is 2800. The highest BCUT2D eigenvalue weighted by Gasteiger charge is 2.38. The van der Waals surface area contributed by atoms with Gasteiger partial charge in [0.15, 0.2) is 17.5 Å². The number of hydrogen-bond acceptors (Lipinski definition) is 3. The van der Waals surface area contributed by atoms with Crippen LogP contribution in [0.5, 0.6) is 0 Å². The van der Waals surface area contributed by atoms with Gasteiger partial charge in [-0.1, -0.05) is 159 Å². The summed E-state index contributed by atoms with van der Waals surface area (Å²) in [6, 6.07) is 54.1. The van der Waals surface area contributed by atoms with Gasteiger partial charge in [0.1, 0.15) is 0 Å². The fourth-order valence-electron chi connectivity index (χ4n) is 8.32. The number of benzene rings is 8. The predicted molar refractivity (Wildman–Crippen MR) is 204 cm³/mol. The Morgan fingerprint density at radius 3 is 1.59 bits per heavy atom. The van der Waals surface area contributed by atoms with Crippen LogP contribution in [0.25, 0.3) is 88.4 Å². The molecule has 0 spiro atoms. The molecule has 0 unspecified atom stereocenters. The molecule has 0 N–H and O–H groups in total. The standard InChI is InChI=1S/C46H31N3/c1-46(2)40-26-13-12-21-33(40)36-24-14-25-37(42(36)46)44-47-43(28-15-4-3-5-16-28)48-45(49-44)39-27-38-31-19-7-6-17-29(31)30-18-8-10-22-34(30)41(38)35-23-11-9-20-32(35)39/h3-27H,1-2H3. The molecule has 1 aliphatic rings. The fraction of sp³-hybridized carbons (Fsp3) is 0.0652. The molecule has 230 valence electrons. The molecule has 10 rings (SSSR count). The predicted octanol–water partition coefficient (Wildman–Crippen LogP) is 11.8. The highest BCUT2D eigenvalue weighted by Crippen LogP contribution is 2.52. The van der Waals surface area contributed by atoms with Gasteiger partial charge < -0.3 is 0 Å². The van der Waals surface area contributed by atoms with Crippen LogP contribution in [-0.2, 0) is 5.41 Å². The van der Waals surface area contributed by atoms with Crippen LogP contribution in [0.3, 0.4) is 0 Å². The first-order valence-electron chi connectivity index (χ1n) is 16.9. The number of hydrogen-bond donors (Lipinski definition) is 0. The van der Waals surface area contributed by atoms with Crippen LogP contribution in [-0.4, -0.2) is 15.0 Å². The third-order valence-corrected chi connectivity index (χ3v) is 10.5. The summed E-state index contributed by atoms with van der Waals surface area (Å²) in [5, 5.41) is 9.75. The summed E-state index contributed by atoms with van der Waals surface area (Å²) in [5.74, 6) is 2.03. The Balaban J connectivity index is 1.31. The van der Waals surface area contributed by atoms with E-state index in [1.165, 1.54) is 60.0 Å². The van der Waals surface area contributed by atoms with E-state index in [2.05, 4.69) is 147 Å². The van der Waals surface area contributed by atoms with Crippen molar-refractivity contribution in [1.29, 1.82) is 0 Å². The first-order chi connectivity index (χ1) is 24.1. The highest BCUT2D eigenvalue weighted by molar-refractivity contribution is 6.32. The average Bonchev–Trinajstić information content (AvgIpc) is 3.40. The lowest BCUT2D eigenvalue weighted by Crippen LogP contribution is -2.17. The van der Waals surface area contributed by atoms with E-state index in [9.17, 15) is 0 Å². The van der Waals surface area contributed by atoms with Gasteiger partial charge in [0.25, 0.3) is 0 Å². The van der Waals surface area contributed by atoms with E-state index in [1.54, 1.807) is 0 Å². The van der Waals surface area contributed by atoms with E-state index in [0.717, 1.165) is 22.1 Å². The second-order valence-electron chi connectivity index (χ2n) is 13.6. The Labute approximate surface area is 284 Å². The monoisotopic (exact) mass is 625 g/mol. The summed E-state index contributed by atoms with van der Waals surface area (Å²) in [4.78, 5) is 15.8. The Morgan fingerprint density at radius 1 is 0.367 bits per heavy atom. The normalized spacial score (nSPS) is 13.3. The molecule has 0 fully saturated rings. The van der Waals surface area contributed by atoms with Gasteiger partial charge in [0.2, 0.25) is 0 Å². The zero-order valence-corrected chi connectivity index (χ0v) is 27.3. The molecule has 0 saturated carbocycles. The van der Waals surface area contributed by atoms with Crippen molar-refractivity contribution in [2.24, 2.45) is 0 Å². The molecule has 9 aromatic rings. The lowest BCUT2D eigenvalue weighted by Gasteiger charge is -2.24. The van der Waals surface area contributed by atoms with Gasteiger partial charge in [-0.05, 0) is 71.4 Å². The summed E-state index contributed by atoms with van der Waals surface area (Å²) in [5.41, 5.74) is 7.91. The number of rotatable bonds is 3. The highest BCUT2D eigenvalue weighted by atomic mass is 15.0. The zero-order valence-electron chi connectivity index (χ0n) is 27.3. The summed E-state index contributed by atoms with van der Waals surface area (Å²) >= 11 is 0. The molecule has 0 atom stereocenters. The van der Waals surface area contributed by atoms with Gasteiger partial charge in [-0.2, -0.15) is 0 Å². The van der Waals surface area contributed by atoms with Gasteiger partial charge in [-0.15, -0.1) is 0 Å². The largest absolute Gasteiger partial charge is 0.208 e. The van der Waals surface area contributed by atoms with Crippen molar-refractivity contribution in [2.75, 3.05) is 0 Å². The Kier molecular flexibility index (Phi) is 5.92. The van der Waals surface area contributed by atoms with Crippen LogP contribution >= 0.6 is 0 Å². The molecule has 1 aliphatic carbocycles. The van der Waals surface area contributed by atoms with Gasteiger partial charge in [-0.25, -0.2) is 15.0 Å². The number of nitrogens with zero attached hydrogens (tertiary/aromatic N) is 3. The molecular formula is C46H31N3. The van der Waals surface area contributed by atoms with Crippen molar-refractivity contribution in [3.8, 4) is 45.3 Å². The molecule has 8 aromatic carbocycles. The zero-order chi connectivity index (χ0) is 32.7. The molecule has 0 radical (unpaired) electrons. The topological polar surface area (TPSA) is 38.7 Å². The molecule has 0 amide bonds. The number of fused-ring (bicyclic) bond motifs is 11. The van der Waals surface area contributed by atoms with Crippen LogP contribution in [0.1, 0.15) is 25.0 Å². The molecule has 3 heteroatoms. The van der Waals surface area contributed by atoms with Gasteiger partial charge in [0.05, 0.1) is 0 Å². The van der Waals surface area contributed by atoms with Crippen LogP contribution in [0.15, 0.2) is 152 Å². The summed E-state index contributed by atoms with van der Waals surface area (Å²) in [6.07, 6.45) is 0. The van der Waals surface area contributed by atoms with E-state index in [0.29, 0.717) is 17.5 Å². The van der Waals surface area contributed by atoms with Gasteiger partial charge >= 0.3 is 0 Å². The molecule has 0 bridgehead atoms. The molecular weight excluding hydrogens is 595 g/mol. The van der Waals surface area contributed by atoms with Crippen LogP contribution in [0, 0.1) is 0 Å². The maximum Gasteiger partial charge on any atom is 0.164 e.